The number of hydrogen-bond donors (Lipinski definition) is 1. The van der Waals surface area contributed by atoms with Crippen LogP contribution in [0.3, 0.4) is 0 Å². The lowest BCUT2D eigenvalue weighted by molar-refractivity contribution is 0.0755. The molecule has 1 amide bonds. The molecule has 4 nitrogen and oxygen atoms in total. The fourth-order valence-electron chi connectivity index (χ4n) is 2.70. The molecule has 0 aromatic carbocycles. The van der Waals surface area contributed by atoms with Crippen molar-refractivity contribution < 1.29 is 4.79 Å². The van der Waals surface area contributed by atoms with Gasteiger partial charge >= 0.3 is 0 Å². The molecule has 2 rings (SSSR count). The SMILES string of the molecule is CNc1ccc(C(=O)N(C)CC2CCCCC2)nc1. The maximum absolute atomic E-state index is 12.3. The highest BCUT2D eigenvalue weighted by Crippen LogP contribution is 2.24. The number of hydrogen-bond acceptors (Lipinski definition) is 3. The van der Waals surface area contributed by atoms with Gasteiger partial charge in [-0.25, -0.2) is 4.98 Å². The predicted octanol–water partition coefficient (Wildman–Crippen LogP) is 2.78. The Kier molecular flexibility index (Phi) is 4.77. The summed E-state index contributed by atoms with van der Waals surface area (Å²) in [5.41, 5.74) is 1.45. The standard InChI is InChI=1S/C15H23N3O/c1-16-13-8-9-14(17-10-13)15(19)18(2)11-12-6-4-3-5-7-12/h8-10,12,16H,3-7,11H2,1-2H3. The van der Waals surface area contributed by atoms with E-state index in [2.05, 4.69) is 10.3 Å². The Hall–Kier alpha value is -1.58. The van der Waals surface area contributed by atoms with Gasteiger partial charge in [0.05, 0.1) is 11.9 Å². The molecule has 0 bridgehead atoms. The molecule has 1 N–H and O–H groups in total. The van der Waals surface area contributed by atoms with Crippen LogP contribution in [0.1, 0.15) is 42.6 Å². The first-order valence-corrected chi connectivity index (χ1v) is 7.10. The molecule has 4 heteroatoms. The van der Waals surface area contributed by atoms with E-state index in [0.29, 0.717) is 11.6 Å². The first-order chi connectivity index (χ1) is 9.20. The van der Waals surface area contributed by atoms with E-state index in [1.807, 2.05) is 25.1 Å². The van der Waals surface area contributed by atoms with E-state index in [9.17, 15) is 4.79 Å². The van der Waals surface area contributed by atoms with Crippen molar-refractivity contribution in [3.8, 4) is 0 Å². The van der Waals surface area contributed by atoms with Gasteiger partial charge in [-0.05, 0) is 30.9 Å². The lowest BCUT2D eigenvalue weighted by Gasteiger charge is -2.26. The van der Waals surface area contributed by atoms with Crippen LogP contribution in [0.5, 0.6) is 0 Å². The number of aromatic nitrogens is 1. The third-order valence-corrected chi connectivity index (χ3v) is 3.87. The van der Waals surface area contributed by atoms with Crippen molar-refractivity contribution in [1.29, 1.82) is 0 Å². The molecule has 1 aliphatic carbocycles. The monoisotopic (exact) mass is 261 g/mol. The zero-order valence-electron chi connectivity index (χ0n) is 11.9. The highest BCUT2D eigenvalue weighted by molar-refractivity contribution is 5.92. The molecule has 0 saturated heterocycles. The normalized spacial score (nSPS) is 16.1. The van der Waals surface area contributed by atoms with E-state index < -0.39 is 0 Å². The van der Waals surface area contributed by atoms with Crippen LogP contribution in [-0.4, -0.2) is 36.4 Å². The molecule has 1 aromatic heterocycles. The van der Waals surface area contributed by atoms with Crippen molar-refractivity contribution >= 4 is 11.6 Å². The highest BCUT2D eigenvalue weighted by Gasteiger charge is 2.19. The topological polar surface area (TPSA) is 45.2 Å². The number of carbonyl (C=O) groups is 1. The molecular weight excluding hydrogens is 238 g/mol. The van der Waals surface area contributed by atoms with Crippen LogP contribution in [0, 0.1) is 5.92 Å². The van der Waals surface area contributed by atoms with Crippen molar-refractivity contribution in [2.24, 2.45) is 5.92 Å². The molecule has 0 spiro atoms. The second-order valence-electron chi connectivity index (χ2n) is 5.37. The summed E-state index contributed by atoms with van der Waals surface area (Å²) in [6, 6.07) is 3.67. The zero-order valence-corrected chi connectivity index (χ0v) is 11.9. The van der Waals surface area contributed by atoms with Gasteiger partial charge in [-0.15, -0.1) is 0 Å². The van der Waals surface area contributed by atoms with Crippen LogP contribution in [0.2, 0.25) is 0 Å². The summed E-state index contributed by atoms with van der Waals surface area (Å²) in [7, 11) is 3.72. The van der Waals surface area contributed by atoms with Crippen molar-refractivity contribution in [3.63, 3.8) is 0 Å². The quantitative estimate of drug-likeness (QED) is 0.906. The van der Waals surface area contributed by atoms with Gasteiger partial charge in [-0.1, -0.05) is 19.3 Å². The van der Waals surface area contributed by atoms with E-state index in [4.69, 9.17) is 0 Å². The average molecular weight is 261 g/mol. The Morgan fingerprint density at radius 1 is 1.37 bits per heavy atom. The first kappa shape index (κ1) is 13.8. The summed E-state index contributed by atoms with van der Waals surface area (Å²) in [5, 5.41) is 3.00. The van der Waals surface area contributed by atoms with Crippen LogP contribution in [0.25, 0.3) is 0 Å². The molecule has 1 aliphatic rings. The summed E-state index contributed by atoms with van der Waals surface area (Å²) in [6.07, 6.45) is 8.17. The predicted molar refractivity (Wildman–Crippen MR) is 77.3 cm³/mol. The van der Waals surface area contributed by atoms with Gasteiger partial charge < -0.3 is 10.2 Å². The second-order valence-corrected chi connectivity index (χ2v) is 5.37. The summed E-state index contributed by atoms with van der Waals surface area (Å²) in [4.78, 5) is 18.3. The van der Waals surface area contributed by atoms with Gasteiger partial charge in [0.25, 0.3) is 5.91 Å². The fraction of sp³-hybridized carbons (Fsp3) is 0.600. The van der Waals surface area contributed by atoms with Gasteiger partial charge in [0.2, 0.25) is 0 Å². The molecule has 1 heterocycles. The number of rotatable bonds is 4. The number of amides is 1. The smallest absolute Gasteiger partial charge is 0.272 e. The van der Waals surface area contributed by atoms with Crippen LogP contribution in [-0.2, 0) is 0 Å². The molecular formula is C15H23N3O. The molecule has 104 valence electrons. The highest BCUT2D eigenvalue weighted by atomic mass is 16.2. The van der Waals surface area contributed by atoms with Crippen LogP contribution in [0.4, 0.5) is 5.69 Å². The Morgan fingerprint density at radius 3 is 2.68 bits per heavy atom. The largest absolute Gasteiger partial charge is 0.387 e. The Labute approximate surface area is 115 Å². The lowest BCUT2D eigenvalue weighted by atomic mass is 9.89. The molecule has 1 saturated carbocycles. The summed E-state index contributed by atoms with van der Waals surface area (Å²) in [6.45, 7) is 0.855. The minimum atomic E-state index is 0.0215. The van der Waals surface area contributed by atoms with Crippen LogP contribution < -0.4 is 5.32 Å². The number of pyridine rings is 1. The van der Waals surface area contributed by atoms with E-state index in [1.165, 1.54) is 32.1 Å². The molecule has 0 unspecified atom stereocenters. The minimum Gasteiger partial charge on any atom is -0.387 e. The van der Waals surface area contributed by atoms with E-state index in [-0.39, 0.29) is 5.91 Å². The van der Waals surface area contributed by atoms with Crippen LogP contribution >= 0.6 is 0 Å². The number of nitrogens with one attached hydrogen (secondary N) is 1. The number of anilines is 1. The lowest BCUT2D eigenvalue weighted by Crippen LogP contribution is -2.33. The summed E-state index contributed by atoms with van der Waals surface area (Å²) in [5.74, 6) is 0.688. The van der Waals surface area contributed by atoms with Gasteiger partial charge in [0.1, 0.15) is 5.69 Å². The van der Waals surface area contributed by atoms with Crippen LogP contribution in [0.15, 0.2) is 18.3 Å². The van der Waals surface area contributed by atoms with Gasteiger partial charge in [0, 0.05) is 20.6 Å². The molecule has 0 atom stereocenters. The molecule has 1 aromatic rings. The first-order valence-electron chi connectivity index (χ1n) is 7.10. The van der Waals surface area contributed by atoms with E-state index in [1.54, 1.807) is 12.3 Å². The van der Waals surface area contributed by atoms with Gasteiger partial charge in [-0.2, -0.15) is 0 Å². The maximum Gasteiger partial charge on any atom is 0.272 e. The second kappa shape index (κ2) is 6.55. The fourth-order valence-corrected chi connectivity index (χ4v) is 2.70. The average Bonchev–Trinajstić information content (AvgIpc) is 2.47. The molecule has 0 aliphatic heterocycles. The molecule has 1 fully saturated rings. The van der Waals surface area contributed by atoms with E-state index in [0.717, 1.165) is 12.2 Å². The van der Waals surface area contributed by atoms with Crippen molar-refractivity contribution in [1.82, 2.24) is 9.88 Å². The zero-order chi connectivity index (χ0) is 13.7. The maximum atomic E-state index is 12.3. The number of carbonyl (C=O) groups excluding carboxylic acids is 1. The summed E-state index contributed by atoms with van der Waals surface area (Å²) >= 11 is 0. The summed E-state index contributed by atoms with van der Waals surface area (Å²) < 4.78 is 0. The minimum absolute atomic E-state index is 0.0215. The third-order valence-electron chi connectivity index (χ3n) is 3.87. The van der Waals surface area contributed by atoms with Crippen molar-refractivity contribution in [2.75, 3.05) is 26.0 Å². The van der Waals surface area contributed by atoms with Crippen molar-refractivity contribution in [3.05, 3.63) is 24.0 Å². The van der Waals surface area contributed by atoms with Gasteiger partial charge in [-0.3, -0.25) is 4.79 Å². The number of nitrogens with zero attached hydrogens (tertiary/aromatic N) is 2. The van der Waals surface area contributed by atoms with Crippen molar-refractivity contribution in [2.45, 2.75) is 32.1 Å². The van der Waals surface area contributed by atoms with E-state index >= 15 is 0 Å². The molecule has 19 heavy (non-hydrogen) atoms. The Balaban J connectivity index is 1.93. The van der Waals surface area contributed by atoms with Gasteiger partial charge in [0.15, 0.2) is 0 Å². The molecule has 0 radical (unpaired) electrons. The third kappa shape index (κ3) is 3.69. The Bertz CT molecular complexity index is 410. The Morgan fingerprint density at radius 2 is 2.11 bits per heavy atom.